The molecule has 7 nitrogen and oxygen atoms in total. The molecule has 0 saturated carbocycles. The molecule has 1 aromatic carbocycles. The molecule has 0 saturated heterocycles. The molecule has 0 aromatic heterocycles. The second kappa shape index (κ2) is 8.07. The molecular weight excluding hydrogens is 356 g/mol. The lowest BCUT2D eigenvalue weighted by Gasteiger charge is -2.25. The second-order valence-electron chi connectivity index (χ2n) is 6.89. The van der Waals surface area contributed by atoms with Crippen molar-refractivity contribution in [2.75, 3.05) is 14.1 Å². The van der Waals surface area contributed by atoms with Crippen LogP contribution in [0.3, 0.4) is 0 Å². The summed E-state index contributed by atoms with van der Waals surface area (Å²) in [5.41, 5.74) is 1.68. The lowest BCUT2D eigenvalue weighted by Crippen LogP contribution is -2.29. The highest BCUT2D eigenvalue weighted by molar-refractivity contribution is 7.95. The van der Waals surface area contributed by atoms with E-state index in [-0.39, 0.29) is 5.60 Å². The van der Waals surface area contributed by atoms with Crippen LogP contribution < -0.4 is 4.74 Å². The van der Waals surface area contributed by atoms with Gasteiger partial charge in [0.05, 0.1) is 12.1 Å². The van der Waals surface area contributed by atoms with Gasteiger partial charge in [0, 0.05) is 26.1 Å². The number of nitrogens with zero attached hydrogens (tertiary/aromatic N) is 2. The van der Waals surface area contributed by atoms with Crippen LogP contribution in [0.25, 0.3) is 0 Å². The van der Waals surface area contributed by atoms with Crippen LogP contribution in [0.1, 0.15) is 50.8 Å². The van der Waals surface area contributed by atoms with E-state index in [4.69, 9.17) is 14.6 Å². The van der Waals surface area contributed by atoms with Gasteiger partial charge in [0.25, 0.3) is 0 Å². The number of carboxylic acid groups (broad SMARTS) is 1. The quantitative estimate of drug-likeness (QED) is 0.731. The van der Waals surface area contributed by atoms with Crippen LogP contribution in [0.5, 0.6) is 5.75 Å². The summed E-state index contributed by atoms with van der Waals surface area (Å²) in [7, 11) is 2.84. The lowest BCUT2D eigenvalue weighted by molar-refractivity contribution is 0.0755. The summed E-state index contributed by atoms with van der Waals surface area (Å²) in [4.78, 5) is 23.3. The predicted molar refractivity (Wildman–Crippen MR) is 100 cm³/mol. The number of amides is 2. The highest BCUT2D eigenvalue weighted by Gasteiger charge is 2.34. The SMILES string of the molecule is CCCC(OC(=O)N(C)SN(C)C(=O)O)c1cccc2c1OC(C)(C)C2. The second-order valence-corrected chi connectivity index (χ2v) is 8.15. The van der Waals surface area contributed by atoms with E-state index in [0.29, 0.717) is 6.42 Å². The summed E-state index contributed by atoms with van der Waals surface area (Å²) in [5.74, 6) is 0.793. The largest absolute Gasteiger partial charge is 0.487 e. The molecule has 1 aromatic rings. The summed E-state index contributed by atoms with van der Waals surface area (Å²) < 4.78 is 13.9. The van der Waals surface area contributed by atoms with E-state index in [1.165, 1.54) is 14.1 Å². The topological polar surface area (TPSA) is 79.3 Å². The number of carbonyl (C=O) groups excluding carboxylic acids is 1. The number of hydrogen-bond donors (Lipinski definition) is 1. The number of ether oxygens (including phenoxy) is 2. The third kappa shape index (κ3) is 4.75. The number of hydrogen-bond acceptors (Lipinski definition) is 5. The molecule has 1 aliphatic heterocycles. The van der Waals surface area contributed by atoms with Gasteiger partial charge in [-0.2, -0.15) is 0 Å². The van der Waals surface area contributed by atoms with Gasteiger partial charge in [-0.25, -0.2) is 18.2 Å². The van der Waals surface area contributed by atoms with Crippen LogP contribution in [0, 0.1) is 0 Å². The molecule has 2 amide bonds. The fourth-order valence-corrected chi connectivity index (χ4v) is 3.43. The zero-order valence-electron chi connectivity index (χ0n) is 15.8. The first-order valence-corrected chi connectivity index (χ1v) is 9.27. The van der Waals surface area contributed by atoms with Gasteiger partial charge < -0.3 is 14.6 Å². The van der Waals surface area contributed by atoms with Crippen molar-refractivity contribution in [1.82, 2.24) is 8.61 Å². The molecule has 26 heavy (non-hydrogen) atoms. The van der Waals surface area contributed by atoms with Crippen molar-refractivity contribution in [1.29, 1.82) is 0 Å². The van der Waals surface area contributed by atoms with Gasteiger partial charge >= 0.3 is 12.2 Å². The molecule has 1 N–H and O–H groups in total. The van der Waals surface area contributed by atoms with Gasteiger partial charge in [-0.1, -0.05) is 31.5 Å². The first-order chi connectivity index (χ1) is 12.1. The number of para-hydroxylation sites is 1. The molecule has 144 valence electrons. The Morgan fingerprint density at radius 2 is 2.04 bits per heavy atom. The highest BCUT2D eigenvalue weighted by Crippen LogP contribution is 2.42. The number of carbonyl (C=O) groups is 2. The lowest BCUT2D eigenvalue weighted by atomic mass is 9.97. The maximum Gasteiger partial charge on any atom is 0.421 e. The molecule has 0 bridgehead atoms. The zero-order valence-corrected chi connectivity index (χ0v) is 16.6. The fraction of sp³-hybridized carbons (Fsp3) is 0.556. The molecule has 1 aliphatic rings. The summed E-state index contributed by atoms with van der Waals surface area (Å²) in [6.07, 6.45) is 0.0976. The molecule has 1 atom stereocenters. The Kier molecular flexibility index (Phi) is 6.28. The highest BCUT2D eigenvalue weighted by atomic mass is 32.2. The first-order valence-electron chi connectivity index (χ1n) is 8.54. The van der Waals surface area contributed by atoms with Crippen molar-refractivity contribution in [2.45, 2.75) is 51.7 Å². The van der Waals surface area contributed by atoms with Crippen molar-refractivity contribution in [3.63, 3.8) is 0 Å². The standard InChI is InChI=1S/C18H26N2O5S/c1-6-8-14(24-17(23)20(5)26-19(4)16(21)22)13-10-7-9-12-11-18(2,3)25-15(12)13/h7,9-10,14H,6,8,11H2,1-5H3,(H,21,22). The van der Waals surface area contributed by atoms with E-state index < -0.39 is 18.3 Å². The van der Waals surface area contributed by atoms with Gasteiger partial charge in [0.2, 0.25) is 0 Å². The van der Waals surface area contributed by atoms with E-state index >= 15 is 0 Å². The predicted octanol–water partition coefficient (Wildman–Crippen LogP) is 4.48. The minimum atomic E-state index is -1.14. The van der Waals surface area contributed by atoms with E-state index in [1.807, 2.05) is 39.0 Å². The smallest absolute Gasteiger partial charge is 0.421 e. The van der Waals surface area contributed by atoms with Gasteiger partial charge in [0.1, 0.15) is 17.5 Å². The average molecular weight is 382 g/mol. The third-order valence-corrected chi connectivity index (χ3v) is 4.83. The summed E-state index contributed by atoms with van der Waals surface area (Å²) in [6, 6.07) is 5.90. The van der Waals surface area contributed by atoms with E-state index in [9.17, 15) is 9.59 Å². The van der Waals surface area contributed by atoms with Crippen LogP contribution in [0.15, 0.2) is 18.2 Å². The summed E-state index contributed by atoms with van der Waals surface area (Å²) in [5, 5.41) is 8.92. The maximum absolute atomic E-state index is 12.4. The van der Waals surface area contributed by atoms with E-state index in [0.717, 1.165) is 50.5 Å². The summed E-state index contributed by atoms with van der Waals surface area (Å²) in [6.45, 7) is 6.08. The molecule has 1 heterocycles. The Hall–Kier alpha value is -2.09. The normalized spacial score (nSPS) is 15.6. The van der Waals surface area contributed by atoms with Gasteiger partial charge in [-0.05, 0) is 25.8 Å². The number of fused-ring (bicyclic) bond motifs is 1. The van der Waals surface area contributed by atoms with Crippen LogP contribution in [0.2, 0.25) is 0 Å². The summed E-state index contributed by atoms with van der Waals surface area (Å²) >= 11 is 0.758. The Balaban J connectivity index is 2.17. The Morgan fingerprint density at radius 1 is 1.35 bits per heavy atom. The third-order valence-electron chi connectivity index (χ3n) is 4.03. The maximum atomic E-state index is 12.4. The zero-order chi connectivity index (χ0) is 19.5. The van der Waals surface area contributed by atoms with Gasteiger partial charge in [-0.3, -0.25) is 0 Å². The van der Waals surface area contributed by atoms with Crippen molar-refractivity contribution in [3.8, 4) is 5.75 Å². The van der Waals surface area contributed by atoms with E-state index in [2.05, 4.69) is 0 Å². The Labute approximate surface area is 158 Å². The van der Waals surface area contributed by atoms with Crippen molar-refractivity contribution in [3.05, 3.63) is 29.3 Å². The Bertz CT molecular complexity index is 680. The molecule has 8 heteroatoms. The first kappa shape index (κ1) is 20.2. The van der Waals surface area contributed by atoms with E-state index in [1.54, 1.807) is 0 Å². The minimum Gasteiger partial charge on any atom is -0.487 e. The van der Waals surface area contributed by atoms with Crippen molar-refractivity contribution in [2.24, 2.45) is 0 Å². The van der Waals surface area contributed by atoms with Crippen LogP contribution >= 0.6 is 12.1 Å². The molecule has 2 rings (SSSR count). The van der Waals surface area contributed by atoms with Crippen LogP contribution in [-0.2, 0) is 11.2 Å². The van der Waals surface area contributed by atoms with Gasteiger partial charge in [0.15, 0.2) is 0 Å². The molecule has 0 spiro atoms. The minimum absolute atomic E-state index is 0.282. The average Bonchev–Trinajstić information content (AvgIpc) is 2.87. The van der Waals surface area contributed by atoms with Crippen LogP contribution in [-0.4, -0.2) is 45.6 Å². The molecular formula is C18H26N2O5S. The molecule has 0 aliphatic carbocycles. The Morgan fingerprint density at radius 3 is 2.65 bits per heavy atom. The van der Waals surface area contributed by atoms with Crippen LogP contribution in [0.4, 0.5) is 9.59 Å². The van der Waals surface area contributed by atoms with Gasteiger partial charge in [-0.15, -0.1) is 0 Å². The molecule has 1 unspecified atom stereocenters. The molecule has 0 radical (unpaired) electrons. The fourth-order valence-electron chi connectivity index (χ4n) is 2.88. The monoisotopic (exact) mass is 382 g/mol. The van der Waals surface area contributed by atoms with Crippen molar-refractivity contribution < 1.29 is 24.2 Å². The van der Waals surface area contributed by atoms with Crippen molar-refractivity contribution >= 4 is 24.3 Å². The number of rotatable bonds is 6. The number of benzene rings is 1. The molecule has 0 fully saturated rings.